The quantitative estimate of drug-likeness (QED) is 0.0231. The fourth-order valence-corrected chi connectivity index (χ4v) is 8.00. The third-order valence-corrected chi connectivity index (χ3v) is 12.8. The van der Waals surface area contributed by atoms with Gasteiger partial charge in [-0.05, 0) is 80.5 Å². The van der Waals surface area contributed by atoms with Crippen molar-refractivity contribution in [1.29, 1.82) is 0 Å². The number of carbonyl (C=O) groups excluding carboxylic acids is 3. The van der Waals surface area contributed by atoms with Gasteiger partial charge in [0.2, 0.25) is 11.8 Å². The van der Waals surface area contributed by atoms with Crippen molar-refractivity contribution in [3.8, 4) is 5.75 Å². The molecule has 0 radical (unpaired) electrons. The van der Waals surface area contributed by atoms with E-state index < -0.39 is 41.1 Å². The van der Waals surface area contributed by atoms with Crippen LogP contribution in [0.4, 0.5) is 21.0 Å². The van der Waals surface area contributed by atoms with Crippen LogP contribution in [0.15, 0.2) is 42.5 Å². The molecule has 2 aromatic rings. The zero-order chi connectivity index (χ0) is 66.8. The number of non-ortho nitro benzene ring substituents is 1. The second kappa shape index (κ2) is 58.2. The average Bonchev–Trinajstić information content (AvgIpc) is 1.06. The molecule has 0 spiro atoms. The second-order valence-corrected chi connectivity index (χ2v) is 20.5. The number of nitrogens with zero attached hydrogens (tertiary/aromatic N) is 2. The molecule has 0 aliphatic heterocycles. The normalized spacial score (nSPS) is 12.1. The van der Waals surface area contributed by atoms with Crippen LogP contribution < -0.4 is 20.7 Å². The number of ether oxygens (including phenoxy) is 18. The lowest BCUT2D eigenvalue weighted by Gasteiger charge is -2.23. The second-order valence-electron chi connectivity index (χ2n) is 20.5. The summed E-state index contributed by atoms with van der Waals surface area (Å²) in [6.07, 6.45) is 0.225. The van der Waals surface area contributed by atoms with Gasteiger partial charge in [-0.15, -0.1) is 0 Å². The number of aryl methyl sites for hydroxylation is 1. The zero-order valence-electron chi connectivity index (χ0n) is 54.8. The fourth-order valence-electron chi connectivity index (χ4n) is 8.00. The maximum absolute atomic E-state index is 13.4. The molecule has 2 aromatic carbocycles. The first-order chi connectivity index (χ1) is 44.8. The molecule has 30 heteroatoms. The zero-order valence-corrected chi connectivity index (χ0v) is 54.8. The van der Waals surface area contributed by atoms with Gasteiger partial charge in [-0.2, -0.15) is 0 Å². The van der Waals surface area contributed by atoms with E-state index in [0.717, 1.165) is 31.5 Å². The van der Waals surface area contributed by atoms with Gasteiger partial charge in [-0.3, -0.25) is 19.7 Å². The monoisotopic (exact) mass is 1320 g/mol. The molecular formula is C62H105N5O25. The summed E-state index contributed by atoms with van der Waals surface area (Å²) in [5.74, 6) is -1.54. The van der Waals surface area contributed by atoms with Crippen LogP contribution in [0.2, 0.25) is 0 Å². The highest BCUT2D eigenvalue weighted by molar-refractivity contribution is 5.98. The Kier molecular flexibility index (Phi) is 52.4. The summed E-state index contributed by atoms with van der Waals surface area (Å²) in [5.41, 5.74) is 1.61. The number of carbonyl (C=O) groups is 4. The lowest BCUT2D eigenvalue weighted by Crippen LogP contribution is -2.53. The van der Waals surface area contributed by atoms with Gasteiger partial charge in [0.25, 0.3) is 5.69 Å². The fraction of sp³-hybridized carbons (Fsp3) is 0.742. The first-order valence-corrected chi connectivity index (χ1v) is 31.4. The number of carboxylic acid groups (broad SMARTS) is 1. The van der Waals surface area contributed by atoms with E-state index in [2.05, 4.69) is 20.9 Å². The van der Waals surface area contributed by atoms with Crippen LogP contribution in [0.1, 0.15) is 51.2 Å². The van der Waals surface area contributed by atoms with Crippen molar-refractivity contribution in [3.63, 3.8) is 0 Å². The van der Waals surface area contributed by atoms with Gasteiger partial charge in [0, 0.05) is 58.3 Å². The maximum atomic E-state index is 13.4. The van der Waals surface area contributed by atoms with Crippen LogP contribution >= 0.6 is 0 Å². The highest BCUT2D eigenvalue weighted by Crippen LogP contribution is 2.22. The Hall–Kier alpha value is -5.36. The first-order valence-electron chi connectivity index (χ1n) is 31.4. The molecule has 0 saturated carbocycles. The largest absolute Gasteiger partial charge is 0.514 e. The Bertz CT molecular complexity index is 2100. The van der Waals surface area contributed by atoms with Gasteiger partial charge >= 0.3 is 12.2 Å². The Morgan fingerprint density at radius 2 is 0.848 bits per heavy atom. The van der Waals surface area contributed by atoms with Crippen LogP contribution in [-0.2, 0) is 103 Å². The van der Waals surface area contributed by atoms with Gasteiger partial charge in [-0.1, -0.05) is 19.9 Å². The lowest BCUT2D eigenvalue weighted by atomic mass is 10.0. The number of anilines is 1. The van der Waals surface area contributed by atoms with E-state index in [4.69, 9.17) is 85.3 Å². The van der Waals surface area contributed by atoms with Crippen LogP contribution in [0.5, 0.6) is 5.75 Å². The first kappa shape index (κ1) is 82.7. The van der Waals surface area contributed by atoms with Gasteiger partial charge in [0.1, 0.15) is 24.4 Å². The van der Waals surface area contributed by atoms with Crippen molar-refractivity contribution >= 4 is 35.4 Å². The summed E-state index contributed by atoms with van der Waals surface area (Å²) in [4.78, 5) is 63.4. The van der Waals surface area contributed by atoms with E-state index in [0.29, 0.717) is 229 Å². The molecule has 0 aliphatic carbocycles. The number of benzene rings is 2. The molecule has 92 heavy (non-hydrogen) atoms. The number of hydrogen-bond acceptors (Lipinski definition) is 25. The topological polar surface area (TPSA) is 337 Å². The summed E-state index contributed by atoms with van der Waals surface area (Å²) < 4.78 is 98.7. The van der Waals surface area contributed by atoms with Crippen molar-refractivity contribution in [1.82, 2.24) is 15.5 Å². The van der Waals surface area contributed by atoms with Gasteiger partial charge < -0.3 is 111 Å². The Balaban J connectivity index is 1.89. The van der Waals surface area contributed by atoms with Crippen LogP contribution in [0.3, 0.4) is 0 Å². The number of rotatable bonds is 64. The molecular weight excluding hydrogens is 1210 g/mol. The third kappa shape index (κ3) is 46.7. The summed E-state index contributed by atoms with van der Waals surface area (Å²) in [7, 11) is 3.26. The molecule has 4 N–H and O–H groups in total. The predicted octanol–water partition coefficient (Wildman–Crippen LogP) is 4.59. The molecule has 30 nitrogen and oxygen atoms in total. The maximum Gasteiger partial charge on any atom is 0.514 e. The number of nitrogens with one attached hydrogen (secondary N) is 3. The summed E-state index contributed by atoms with van der Waals surface area (Å²) >= 11 is 0. The molecule has 0 heterocycles. The summed E-state index contributed by atoms with van der Waals surface area (Å²) in [5, 5.41) is 28.0. The Morgan fingerprint density at radius 1 is 0.478 bits per heavy atom. The third-order valence-electron chi connectivity index (χ3n) is 12.8. The average molecular weight is 1320 g/mol. The van der Waals surface area contributed by atoms with Crippen LogP contribution in [-0.4, -0.2) is 283 Å². The molecule has 2 atom stereocenters. The minimum Gasteiger partial charge on any atom is -0.465 e. The van der Waals surface area contributed by atoms with E-state index in [1.54, 1.807) is 46.3 Å². The molecule has 0 aliphatic rings. The van der Waals surface area contributed by atoms with Crippen LogP contribution in [0.25, 0.3) is 0 Å². The van der Waals surface area contributed by atoms with Crippen LogP contribution in [0, 0.1) is 16.0 Å². The van der Waals surface area contributed by atoms with Crippen molar-refractivity contribution in [2.45, 2.75) is 65.1 Å². The molecule has 0 bridgehead atoms. The van der Waals surface area contributed by atoms with Gasteiger partial charge in [-0.25, -0.2) is 9.59 Å². The Labute approximate surface area is 541 Å². The minimum atomic E-state index is -1.37. The van der Waals surface area contributed by atoms with E-state index in [-0.39, 0.29) is 24.0 Å². The summed E-state index contributed by atoms with van der Waals surface area (Å²) in [6.45, 7) is 20.8. The molecule has 0 unspecified atom stereocenters. The van der Waals surface area contributed by atoms with Crippen molar-refractivity contribution < 1.29 is 114 Å². The highest BCUT2D eigenvalue weighted by Gasteiger charge is 2.27. The Morgan fingerprint density at radius 3 is 1.21 bits per heavy atom. The van der Waals surface area contributed by atoms with Crippen molar-refractivity contribution in [2.75, 3.05) is 237 Å². The van der Waals surface area contributed by atoms with Crippen molar-refractivity contribution in [2.24, 2.45) is 5.92 Å². The van der Waals surface area contributed by atoms with E-state index >= 15 is 0 Å². The lowest BCUT2D eigenvalue weighted by molar-refractivity contribution is -0.384. The molecule has 0 saturated heterocycles. The molecule has 2 rings (SSSR count). The number of nitro benzene ring substituents is 1. The SMILES string of the molecule is COCCOCCOCCOCCOCCOCCOCCOCCCN(CCCOCCOCCOCCOCCOCCOCCOCCOC)CCCc1cc(NC(=O)[C@H](C)NC(=O)[C@@H](NC(=O)O)C(C)C)ccc1COC(=O)Oc1ccc([N+](=O)[O-])cc1. The van der Waals surface area contributed by atoms with E-state index in [1.165, 1.54) is 31.2 Å². The van der Waals surface area contributed by atoms with E-state index in [1.807, 2.05) is 0 Å². The molecule has 0 fully saturated rings. The van der Waals surface area contributed by atoms with E-state index in [9.17, 15) is 34.4 Å². The number of hydrogen-bond donors (Lipinski definition) is 4. The van der Waals surface area contributed by atoms with Crippen molar-refractivity contribution in [3.05, 3.63) is 63.7 Å². The van der Waals surface area contributed by atoms with Gasteiger partial charge in [0.15, 0.2) is 0 Å². The molecule has 528 valence electrons. The highest BCUT2D eigenvalue weighted by atomic mass is 16.7. The number of nitro groups is 1. The smallest absolute Gasteiger partial charge is 0.465 e. The molecule has 3 amide bonds. The number of amides is 3. The predicted molar refractivity (Wildman–Crippen MR) is 336 cm³/mol. The number of methoxy groups -OCH3 is 2. The molecule has 0 aromatic heterocycles. The standard InChI is InChI=1S/C62H105N5O25/c1-51(2)58(65-61(70)71)60(69)63-52(3)59(68)64-55-11-10-54(50-91-62(72)92-57-14-12-56(13-15-57)67(73)74)53(49-55)9-6-16-66(17-7-19-77-25-27-81-33-35-85-41-43-89-47-45-87-39-37-83-31-29-79-23-21-75-4)18-8-20-78-26-28-82-34-36-86-42-44-90-48-46-88-40-38-84-32-30-80-24-22-76-5/h10-15,49,51-52,58,65H,6-9,16-48,50H2,1-5H3,(H,63,69)(H,64,68)(H,70,71)/t52-,58-/m0/s1. The summed E-state index contributed by atoms with van der Waals surface area (Å²) in [6, 6.07) is 7.96. The minimum absolute atomic E-state index is 0.0533. The van der Waals surface area contributed by atoms with Gasteiger partial charge in [0.05, 0.1) is 190 Å².